The van der Waals surface area contributed by atoms with Gasteiger partial charge in [-0.15, -0.1) is 0 Å². The van der Waals surface area contributed by atoms with Crippen LogP contribution in [0, 0.1) is 0 Å². The number of hydrogen-bond acceptors (Lipinski definition) is 21. The molecule has 0 aromatic heterocycles. The van der Waals surface area contributed by atoms with Crippen molar-refractivity contribution in [3.63, 3.8) is 0 Å². The van der Waals surface area contributed by atoms with Crippen molar-refractivity contribution in [1.82, 2.24) is 0 Å². The molecule has 0 aromatic carbocycles. The van der Waals surface area contributed by atoms with Crippen molar-refractivity contribution in [1.29, 1.82) is 0 Å². The maximum absolute atomic E-state index is 11.3. The number of aliphatic hydroxyl groups is 12. The van der Waals surface area contributed by atoms with Crippen molar-refractivity contribution >= 4 is 0 Å². The first-order valence-corrected chi connectivity index (χ1v) is 17.2. The van der Waals surface area contributed by atoms with Crippen LogP contribution in [0.4, 0.5) is 0 Å². The second-order valence-electron chi connectivity index (χ2n) is 14.9. The van der Waals surface area contributed by atoms with Gasteiger partial charge >= 0.3 is 0 Å². The molecule has 0 saturated carbocycles. The number of rotatable bonds is 12. The summed E-state index contributed by atoms with van der Waals surface area (Å²) in [6.07, 6.45) is -29.4. The maximum Gasteiger partial charge on any atom is 0.187 e. The van der Waals surface area contributed by atoms with Crippen LogP contribution in [0.3, 0.4) is 0 Å². The minimum atomic E-state index is -1.68. The second-order valence-corrected chi connectivity index (χ2v) is 14.9. The maximum atomic E-state index is 11.3. The lowest BCUT2D eigenvalue weighted by molar-refractivity contribution is -0.335. The highest BCUT2D eigenvalue weighted by molar-refractivity contribution is 5.03. The van der Waals surface area contributed by atoms with E-state index in [1.165, 1.54) is 27.7 Å². The Morgan fingerprint density at radius 1 is 0.500 bits per heavy atom. The Labute approximate surface area is 298 Å². The molecule has 12 N–H and O–H groups in total. The van der Waals surface area contributed by atoms with Crippen molar-refractivity contribution in [2.75, 3.05) is 33.0 Å². The third kappa shape index (κ3) is 8.45. The SMILES string of the molecule is CC(C)(O[C@@H]1CO[C@@H](O)C(O)C1O)[C@@H]1OC[C@@H](OC(C)(C)[C@@H]2OC[C@@H](O)C(O[C@@H]3O[C@@H](CO)C(O)C3O)C2O[C@@H]2O[C@@H](CO)C(O)C2O)C(O)C1O. The van der Waals surface area contributed by atoms with Crippen LogP contribution in [0.15, 0.2) is 0 Å². The average molecular weight is 763 g/mol. The predicted octanol–water partition coefficient (Wildman–Crippen LogP) is -7.09. The molecule has 0 spiro atoms. The summed E-state index contributed by atoms with van der Waals surface area (Å²) < 4.78 is 52.1. The van der Waals surface area contributed by atoms with Gasteiger partial charge in [-0.05, 0) is 27.7 Å². The zero-order valence-electron chi connectivity index (χ0n) is 29.1. The van der Waals surface area contributed by atoms with Crippen LogP contribution in [0.25, 0.3) is 0 Å². The van der Waals surface area contributed by atoms with Gasteiger partial charge in [0.2, 0.25) is 0 Å². The summed E-state index contributed by atoms with van der Waals surface area (Å²) in [6, 6.07) is 0. The van der Waals surface area contributed by atoms with Gasteiger partial charge < -0.3 is 104 Å². The standard InChI is InChI=1S/C31H54O21/c1-30(2,51-14-9-46-27(43)20(40)18(14)38)25-19(39)17(37)13(8-45-25)52-31(3,4)26-24(50-29-22(42)16(36)12(6-33)48-29)23(10(34)7-44-26)49-28-21(41)15(35)11(5-32)47-28/h10-29,32-43H,5-9H2,1-4H3/t10-,11+,12+,13-,14-,15?,16?,17?,18?,19?,20?,21?,22?,23?,24?,25-,26-,27-,28+,29+/m1/s1. The summed E-state index contributed by atoms with van der Waals surface area (Å²) in [5, 5.41) is 125. The lowest BCUT2D eigenvalue weighted by Gasteiger charge is -2.50. The van der Waals surface area contributed by atoms with Crippen LogP contribution >= 0.6 is 0 Å². The van der Waals surface area contributed by atoms with Gasteiger partial charge in [0.25, 0.3) is 0 Å². The van der Waals surface area contributed by atoms with Crippen molar-refractivity contribution in [3.8, 4) is 0 Å². The molecule has 5 aliphatic heterocycles. The number of aliphatic hydroxyl groups excluding tert-OH is 12. The highest BCUT2D eigenvalue weighted by Gasteiger charge is 2.57. The summed E-state index contributed by atoms with van der Waals surface area (Å²) >= 11 is 0. The molecule has 0 aromatic rings. The predicted molar refractivity (Wildman–Crippen MR) is 165 cm³/mol. The van der Waals surface area contributed by atoms with E-state index in [0.717, 1.165) is 0 Å². The first kappa shape index (κ1) is 42.3. The Bertz CT molecular complexity index is 1150. The Balaban J connectivity index is 1.32. The number of hydrogen-bond donors (Lipinski definition) is 12. The molecule has 10 unspecified atom stereocenters. The fourth-order valence-corrected chi connectivity index (χ4v) is 7.27. The molecule has 0 aliphatic carbocycles. The summed E-state index contributed by atoms with van der Waals surface area (Å²) in [5.74, 6) is 0. The van der Waals surface area contributed by atoms with Crippen LogP contribution in [-0.4, -0.2) is 228 Å². The zero-order valence-corrected chi connectivity index (χ0v) is 29.1. The Morgan fingerprint density at radius 2 is 0.942 bits per heavy atom. The third-order valence-electron chi connectivity index (χ3n) is 10.2. The Kier molecular flexibility index (Phi) is 13.6. The second kappa shape index (κ2) is 16.7. The minimum absolute atomic E-state index is 0.283. The molecule has 0 amide bonds. The topological polar surface area (TPSA) is 326 Å². The van der Waals surface area contributed by atoms with E-state index in [1.807, 2.05) is 0 Å². The molecule has 5 rings (SSSR count). The van der Waals surface area contributed by atoms with E-state index in [9.17, 15) is 61.3 Å². The largest absolute Gasteiger partial charge is 0.394 e. The van der Waals surface area contributed by atoms with Gasteiger partial charge in [0.15, 0.2) is 18.9 Å². The lowest BCUT2D eigenvalue weighted by Crippen LogP contribution is -2.67. The van der Waals surface area contributed by atoms with E-state index < -0.39 is 154 Å². The van der Waals surface area contributed by atoms with Crippen molar-refractivity contribution < 1.29 is 104 Å². The smallest absolute Gasteiger partial charge is 0.187 e. The van der Waals surface area contributed by atoms with Gasteiger partial charge in [-0.1, -0.05) is 0 Å². The Morgan fingerprint density at radius 3 is 1.44 bits per heavy atom. The van der Waals surface area contributed by atoms with Crippen LogP contribution in [0.5, 0.6) is 0 Å². The van der Waals surface area contributed by atoms with Gasteiger partial charge in [-0.2, -0.15) is 0 Å². The molecule has 5 fully saturated rings. The monoisotopic (exact) mass is 762 g/mol. The van der Waals surface area contributed by atoms with Crippen LogP contribution in [0.1, 0.15) is 27.7 Å². The normalized spacial score (nSPS) is 49.4. The fourth-order valence-electron chi connectivity index (χ4n) is 7.27. The Hall–Kier alpha value is -0.840. The van der Waals surface area contributed by atoms with E-state index in [2.05, 4.69) is 0 Å². The summed E-state index contributed by atoms with van der Waals surface area (Å²) in [6.45, 7) is 3.75. The van der Waals surface area contributed by atoms with E-state index in [0.29, 0.717) is 0 Å². The van der Waals surface area contributed by atoms with E-state index in [-0.39, 0.29) is 13.2 Å². The number of ether oxygens (including phenoxy) is 9. The molecule has 0 radical (unpaired) electrons. The minimum Gasteiger partial charge on any atom is -0.394 e. The molecule has 21 heteroatoms. The quantitative estimate of drug-likeness (QED) is 0.0879. The molecule has 21 nitrogen and oxygen atoms in total. The van der Waals surface area contributed by atoms with Crippen molar-refractivity contribution in [2.24, 2.45) is 0 Å². The summed E-state index contributed by atoms with van der Waals surface area (Å²) in [7, 11) is 0. The summed E-state index contributed by atoms with van der Waals surface area (Å²) in [5.41, 5.74) is -2.92. The molecule has 52 heavy (non-hydrogen) atoms. The molecule has 5 heterocycles. The van der Waals surface area contributed by atoms with Crippen molar-refractivity contribution in [3.05, 3.63) is 0 Å². The first-order chi connectivity index (χ1) is 24.3. The van der Waals surface area contributed by atoms with E-state index in [4.69, 9.17) is 42.6 Å². The zero-order chi connectivity index (χ0) is 38.4. The molecule has 304 valence electrons. The van der Waals surface area contributed by atoms with Crippen LogP contribution in [0.2, 0.25) is 0 Å². The van der Waals surface area contributed by atoms with Gasteiger partial charge in [-0.25, -0.2) is 0 Å². The van der Waals surface area contributed by atoms with Gasteiger partial charge in [0.1, 0.15) is 104 Å². The lowest BCUT2D eigenvalue weighted by atomic mass is 9.86. The highest BCUT2D eigenvalue weighted by Crippen LogP contribution is 2.38. The summed E-state index contributed by atoms with van der Waals surface area (Å²) in [4.78, 5) is 0. The van der Waals surface area contributed by atoms with Crippen molar-refractivity contribution in [2.45, 2.75) is 162 Å². The van der Waals surface area contributed by atoms with Gasteiger partial charge in [-0.3, -0.25) is 0 Å². The molecular weight excluding hydrogens is 708 g/mol. The molecular formula is C31H54O21. The molecule has 0 bridgehead atoms. The van der Waals surface area contributed by atoms with Gasteiger partial charge in [0, 0.05) is 0 Å². The van der Waals surface area contributed by atoms with Gasteiger partial charge in [0.05, 0.1) is 44.2 Å². The van der Waals surface area contributed by atoms with Crippen LogP contribution in [-0.2, 0) is 42.6 Å². The molecule has 5 saturated heterocycles. The van der Waals surface area contributed by atoms with E-state index >= 15 is 0 Å². The molecule has 5 aliphatic rings. The van der Waals surface area contributed by atoms with E-state index in [1.54, 1.807) is 0 Å². The van der Waals surface area contributed by atoms with Crippen LogP contribution < -0.4 is 0 Å². The highest BCUT2D eigenvalue weighted by atomic mass is 16.8. The average Bonchev–Trinajstić information content (AvgIpc) is 3.52. The first-order valence-electron chi connectivity index (χ1n) is 17.2. The molecule has 20 atom stereocenters. The third-order valence-corrected chi connectivity index (χ3v) is 10.2. The fraction of sp³-hybridized carbons (Fsp3) is 1.00.